The van der Waals surface area contributed by atoms with Gasteiger partial charge in [0.1, 0.15) is 0 Å². The lowest BCUT2D eigenvalue weighted by Gasteiger charge is -2.36. The molecule has 0 amide bonds. The van der Waals surface area contributed by atoms with E-state index in [-0.39, 0.29) is 0 Å². The predicted molar refractivity (Wildman–Crippen MR) is 123 cm³/mol. The van der Waals surface area contributed by atoms with Gasteiger partial charge in [0.25, 0.3) is 0 Å². The normalized spacial score (nSPS) is 17.7. The minimum Gasteiger partial charge on any atom is -0.371 e. The highest BCUT2D eigenvalue weighted by molar-refractivity contribution is 5.83. The van der Waals surface area contributed by atoms with Crippen LogP contribution in [0.25, 0.3) is 10.9 Å². The van der Waals surface area contributed by atoms with E-state index >= 15 is 0 Å². The second-order valence-electron chi connectivity index (χ2n) is 8.50. The van der Waals surface area contributed by atoms with E-state index in [1.165, 1.54) is 86.2 Å². The lowest BCUT2D eigenvalue weighted by Crippen LogP contribution is -2.46. The third-order valence-corrected chi connectivity index (χ3v) is 6.63. The summed E-state index contributed by atoms with van der Waals surface area (Å²) in [5.74, 6) is 0. The largest absolute Gasteiger partial charge is 0.371 e. The van der Waals surface area contributed by atoms with Gasteiger partial charge in [-0.05, 0) is 68.1 Å². The molecule has 0 radical (unpaired) electrons. The number of hydrogen-bond acceptors (Lipinski definition) is 3. The van der Waals surface area contributed by atoms with Crippen LogP contribution < -0.4 is 9.80 Å². The fourth-order valence-corrected chi connectivity index (χ4v) is 4.95. The molecule has 2 aliphatic rings. The summed E-state index contributed by atoms with van der Waals surface area (Å²) >= 11 is 0. The number of H-pyrrole nitrogens is 1. The van der Waals surface area contributed by atoms with Gasteiger partial charge in [0.2, 0.25) is 0 Å². The molecule has 0 bridgehead atoms. The average molecular weight is 389 g/mol. The van der Waals surface area contributed by atoms with E-state index in [2.05, 4.69) is 68.2 Å². The molecule has 0 saturated carbocycles. The van der Waals surface area contributed by atoms with Crippen molar-refractivity contribution in [3.05, 3.63) is 60.3 Å². The quantitative estimate of drug-likeness (QED) is 0.629. The van der Waals surface area contributed by atoms with Crippen LogP contribution in [0.4, 0.5) is 11.4 Å². The van der Waals surface area contributed by atoms with Crippen LogP contribution in [0.15, 0.2) is 54.7 Å². The van der Waals surface area contributed by atoms with E-state index in [9.17, 15) is 0 Å². The van der Waals surface area contributed by atoms with Gasteiger partial charge >= 0.3 is 0 Å². The summed E-state index contributed by atoms with van der Waals surface area (Å²) in [4.78, 5) is 11.1. The van der Waals surface area contributed by atoms with Gasteiger partial charge in [-0.1, -0.05) is 18.2 Å². The Kier molecular flexibility index (Phi) is 5.44. The first kappa shape index (κ1) is 18.6. The van der Waals surface area contributed by atoms with Crippen molar-refractivity contribution in [3.8, 4) is 0 Å². The first-order chi connectivity index (χ1) is 14.4. The number of hydrogen-bond donors (Lipinski definition) is 1. The number of nitrogens with one attached hydrogen (secondary N) is 1. The van der Waals surface area contributed by atoms with Crippen LogP contribution in [0.1, 0.15) is 24.8 Å². The number of para-hydroxylation sites is 1. The molecule has 1 fully saturated rings. The molecule has 5 rings (SSSR count). The standard InChI is InChI=1S/C25H32N4/c1-2-8-25-21(6-1)7-5-15-29(25)14-4-3-13-27-16-18-28(19-17-27)23-9-10-24-22(20-23)11-12-26-24/h1-2,6,8-12,20,26H,3-5,7,13-19H2. The molecule has 0 spiro atoms. The fraction of sp³-hybridized carbons (Fsp3) is 0.440. The summed E-state index contributed by atoms with van der Waals surface area (Å²) in [6.45, 7) is 8.29. The Labute approximate surface area is 174 Å². The molecule has 1 saturated heterocycles. The highest BCUT2D eigenvalue weighted by Crippen LogP contribution is 2.27. The van der Waals surface area contributed by atoms with E-state index in [4.69, 9.17) is 0 Å². The minimum absolute atomic E-state index is 1.13. The molecular weight excluding hydrogens is 356 g/mol. The molecule has 0 atom stereocenters. The lowest BCUT2D eigenvalue weighted by molar-refractivity contribution is 0.253. The zero-order valence-corrected chi connectivity index (χ0v) is 17.3. The molecule has 2 aliphatic heterocycles. The topological polar surface area (TPSA) is 25.5 Å². The molecule has 2 aromatic carbocycles. The molecule has 0 aliphatic carbocycles. The SMILES string of the molecule is c1ccc2c(c1)CCCN2CCCCN1CCN(c2ccc3[nH]ccc3c2)CC1. The smallest absolute Gasteiger partial charge is 0.0455 e. The number of piperazine rings is 1. The highest BCUT2D eigenvalue weighted by atomic mass is 15.3. The molecule has 4 nitrogen and oxygen atoms in total. The molecule has 3 aromatic rings. The fourth-order valence-electron chi connectivity index (χ4n) is 4.95. The number of nitrogens with zero attached hydrogens (tertiary/aromatic N) is 3. The van der Waals surface area contributed by atoms with Crippen LogP contribution >= 0.6 is 0 Å². The van der Waals surface area contributed by atoms with Crippen molar-refractivity contribution in [1.29, 1.82) is 0 Å². The van der Waals surface area contributed by atoms with Crippen molar-refractivity contribution in [2.75, 3.05) is 55.6 Å². The number of aromatic amines is 1. The Hall–Kier alpha value is -2.46. The average Bonchev–Trinajstić information content (AvgIpc) is 3.25. The number of unbranched alkanes of at least 4 members (excludes halogenated alkanes) is 1. The summed E-state index contributed by atoms with van der Waals surface area (Å²) in [6, 6.07) is 17.9. The first-order valence-electron chi connectivity index (χ1n) is 11.2. The van der Waals surface area contributed by atoms with Gasteiger partial charge in [-0.3, -0.25) is 4.90 Å². The van der Waals surface area contributed by atoms with Gasteiger partial charge in [0, 0.05) is 67.7 Å². The van der Waals surface area contributed by atoms with Gasteiger partial charge in [0.15, 0.2) is 0 Å². The summed E-state index contributed by atoms with van der Waals surface area (Å²) in [7, 11) is 0. The van der Waals surface area contributed by atoms with E-state index in [1.807, 2.05) is 6.20 Å². The van der Waals surface area contributed by atoms with Crippen molar-refractivity contribution in [2.24, 2.45) is 0 Å². The maximum absolute atomic E-state index is 3.28. The van der Waals surface area contributed by atoms with Crippen LogP contribution in [-0.2, 0) is 6.42 Å². The van der Waals surface area contributed by atoms with Crippen molar-refractivity contribution in [3.63, 3.8) is 0 Å². The molecular formula is C25H32N4. The number of anilines is 2. The summed E-state index contributed by atoms with van der Waals surface area (Å²) < 4.78 is 0. The zero-order valence-electron chi connectivity index (χ0n) is 17.3. The third kappa shape index (κ3) is 4.13. The molecule has 1 aromatic heterocycles. The second kappa shape index (κ2) is 8.50. The maximum Gasteiger partial charge on any atom is 0.0455 e. The highest BCUT2D eigenvalue weighted by Gasteiger charge is 2.18. The Morgan fingerprint density at radius 3 is 2.62 bits per heavy atom. The molecule has 4 heteroatoms. The predicted octanol–water partition coefficient (Wildman–Crippen LogP) is 4.52. The van der Waals surface area contributed by atoms with Gasteiger partial charge < -0.3 is 14.8 Å². The van der Waals surface area contributed by atoms with E-state index in [0.717, 1.165) is 13.1 Å². The molecule has 152 valence electrons. The Bertz CT molecular complexity index is 939. The van der Waals surface area contributed by atoms with E-state index < -0.39 is 0 Å². The zero-order chi connectivity index (χ0) is 19.5. The van der Waals surface area contributed by atoms with Crippen molar-refractivity contribution < 1.29 is 0 Å². The summed E-state index contributed by atoms with van der Waals surface area (Å²) in [5, 5.41) is 1.31. The van der Waals surface area contributed by atoms with Crippen molar-refractivity contribution in [2.45, 2.75) is 25.7 Å². The van der Waals surface area contributed by atoms with Crippen molar-refractivity contribution in [1.82, 2.24) is 9.88 Å². The Morgan fingerprint density at radius 1 is 0.828 bits per heavy atom. The van der Waals surface area contributed by atoms with Crippen LogP contribution in [-0.4, -0.2) is 55.7 Å². The third-order valence-electron chi connectivity index (χ3n) is 6.63. The molecule has 29 heavy (non-hydrogen) atoms. The monoisotopic (exact) mass is 388 g/mol. The summed E-state index contributed by atoms with van der Waals surface area (Å²) in [6.07, 6.45) is 7.16. The van der Waals surface area contributed by atoms with Gasteiger partial charge in [-0.2, -0.15) is 0 Å². The minimum atomic E-state index is 1.13. The van der Waals surface area contributed by atoms with Gasteiger partial charge in [-0.15, -0.1) is 0 Å². The van der Waals surface area contributed by atoms with Gasteiger partial charge in [0.05, 0.1) is 0 Å². The first-order valence-corrected chi connectivity index (χ1v) is 11.2. The maximum atomic E-state index is 3.28. The number of aromatic nitrogens is 1. The second-order valence-corrected chi connectivity index (χ2v) is 8.50. The van der Waals surface area contributed by atoms with Crippen LogP contribution in [0, 0.1) is 0 Å². The Balaban J connectivity index is 1.06. The molecule has 0 unspecified atom stereocenters. The Morgan fingerprint density at radius 2 is 1.69 bits per heavy atom. The summed E-state index contributed by atoms with van der Waals surface area (Å²) in [5.41, 5.74) is 5.60. The van der Waals surface area contributed by atoms with Crippen LogP contribution in [0.5, 0.6) is 0 Å². The van der Waals surface area contributed by atoms with Crippen molar-refractivity contribution >= 4 is 22.3 Å². The van der Waals surface area contributed by atoms with Crippen LogP contribution in [0.3, 0.4) is 0 Å². The molecule has 1 N–H and O–H groups in total. The number of rotatable bonds is 6. The van der Waals surface area contributed by atoms with Gasteiger partial charge in [-0.25, -0.2) is 0 Å². The number of benzene rings is 2. The van der Waals surface area contributed by atoms with Crippen LogP contribution in [0.2, 0.25) is 0 Å². The number of fused-ring (bicyclic) bond motifs is 2. The number of aryl methyl sites for hydroxylation is 1. The lowest BCUT2D eigenvalue weighted by atomic mass is 10.0. The van der Waals surface area contributed by atoms with E-state index in [0.29, 0.717) is 0 Å². The molecule has 3 heterocycles. The van der Waals surface area contributed by atoms with E-state index in [1.54, 1.807) is 0 Å².